The fourth-order valence-corrected chi connectivity index (χ4v) is 3.09. The van der Waals surface area contributed by atoms with Crippen molar-refractivity contribution in [3.8, 4) is 5.75 Å². The Bertz CT molecular complexity index is 847. The zero-order valence-corrected chi connectivity index (χ0v) is 15.6. The maximum Gasteiger partial charge on any atom is 0.260 e. The number of nitrogens with zero attached hydrogens (tertiary/aromatic N) is 1. The Balaban J connectivity index is 1.46. The van der Waals surface area contributed by atoms with E-state index in [-0.39, 0.29) is 30.0 Å². The molecule has 0 bridgehead atoms. The number of benzene rings is 2. The van der Waals surface area contributed by atoms with Gasteiger partial charge in [0.15, 0.2) is 6.61 Å². The highest BCUT2D eigenvalue weighted by atomic mass is 19.1. The average molecular weight is 388 g/mol. The molecule has 0 aliphatic carbocycles. The third-order valence-electron chi connectivity index (χ3n) is 4.79. The molecule has 1 heterocycles. The molecule has 0 spiro atoms. The second-order valence-corrected chi connectivity index (χ2v) is 6.87. The van der Waals surface area contributed by atoms with E-state index in [1.807, 2.05) is 31.2 Å². The lowest BCUT2D eigenvalue weighted by molar-refractivity contribution is -0.136. The van der Waals surface area contributed by atoms with Crippen LogP contribution in [0.25, 0.3) is 0 Å². The molecule has 148 valence electrons. The maximum atomic E-state index is 13.7. The molecule has 5 nitrogen and oxygen atoms in total. The number of halogens is 2. The van der Waals surface area contributed by atoms with E-state index in [2.05, 4.69) is 5.32 Å². The number of anilines is 1. The molecule has 1 N–H and O–H groups in total. The van der Waals surface area contributed by atoms with Crippen molar-refractivity contribution in [1.29, 1.82) is 0 Å². The zero-order chi connectivity index (χ0) is 20.1. The summed E-state index contributed by atoms with van der Waals surface area (Å²) >= 11 is 0. The standard InChI is InChI=1S/C21H22F2N2O3/c1-14-2-5-17(6-3-14)28-13-20(26)25-10-8-15(9-11-25)21(27)24-19-7-4-16(22)12-18(19)23/h2-7,12,15H,8-11,13H2,1H3,(H,24,27). The van der Waals surface area contributed by atoms with Crippen LogP contribution in [0.2, 0.25) is 0 Å². The second kappa shape index (κ2) is 8.82. The molecule has 0 radical (unpaired) electrons. The summed E-state index contributed by atoms with van der Waals surface area (Å²) in [7, 11) is 0. The van der Waals surface area contributed by atoms with E-state index in [9.17, 15) is 18.4 Å². The van der Waals surface area contributed by atoms with Gasteiger partial charge in [-0.1, -0.05) is 17.7 Å². The Morgan fingerprint density at radius 3 is 2.43 bits per heavy atom. The number of piperidine rings is 1. The highest BCUT2D eigenvalue weighted by Gasteiger charge is 2.28. The van der Waals surface area contributed by atoms with E-state index in [0.717, 1.165) is 17.7 Å². The number of ether oxygens (including phenoxy) is 1. The number of amides is 2. The first-order valence-corrected chi connectivity index (χ1v) is 9.15. The minimum Gasteiger partial charge on any atom is -0.484 e. The van der Waals surface area contributed by atoms with Gasteiger partial charge < -0.3 is 15.0 Å². The summed E-state index contributed by atoms with van der Waals surface area (Å²) in [5.74, 6) is -1.66. The van der Waals surface area contributed by atoms with Gasteiger partial charge in [0.1, 0.15) is 17.4 Å². The molecule has 2 aromatic carbocycles. The zero-order valence-electron chi connectivity index (χ0n) is 15.6. The van der Waals surface area contributed by atoms with Crippen LogP contribution in [0.15, 0.2) is 42.5 Å². The molecule has 2 amide bonds. The monoisotopic (exact) mass is 388 g/mol. The summed E-state index contributed by atoms with van der Waals surface area (Å²) in [4.78, 5) is 26.3. The lowest BCUT2D eigenvalue weighted by Crippen LogP contribution is -2.43. The minimum atomic E-state index is -0.811. The first-order chi connectivity index (χ1) is 13.4. The fourth-order valence-electron chi connectivity index (χ4n) is 3.09. The van der Waals surface area contributed by atoms with Gasteiger partial charge in [-0.15, -0.1) is 0 Å². The maximum absolute atomic E-state index is 13.7. The Hall–Kier alpha value is -2.96. The molecule has 2 aromatic rings. The fraction of sp³-hybridized carbons (Fsp3) is 0.333. The van der Waals surface area contributed by atoms with Gasteiger partial charge in [-0.3, -0.25) is 9.59 Å². The van der Waals surface area contributed by atoms with Crippen molar-refractivity contribution in [2.75, 3.05) is 25.0 Å². The molecule has 1 aliphatic heterocycles. The minimum absolute atomic E-state index is 0.0450. The van der Waals surface area contributed by atoms with Gasteiger partial charge in [0.2, 0.25) is 5.91 Å². The Labute approximate surface area is 162 Å². The molecule has 1 saturated heterocycles. The van der Waals surface area contributed by atoms with Crippen molar-refractivity contribution >= 4 is 17.5 Å². The van der Waals surface area contributed by atoms with Gasteiger partial charge in [0.05, 0.1) is 5.69 Å². The molecular formula is C21H22F2N2O3. The summed E-state index contributed by atoms with van der Waals surface area (Å²) in [5.41, 5.74) is 1.07. The lowest BCUT2D eigenvalue weighted by Gasteiger charge is -2.31. The highest BCUT2D eigenvalue weighted by molar-refractivity contribution is 5.92. The number of nitrogens with one attached hydrogen (secondary N) is 1. The van der Waals surface area contributed by atoms with Crippen molar-refractivity contribution < 1.29 is 23.1 Å². The molecule has 1 fully saturated rings. The summed E-state index contributed by atoms with van der Waals surface area (Å²) in [6.45, 7) is 2.78. The summed E-state index contributed by atoms with van der Waals surface area (Å²) in [6, 6.07) is 10.5. The van der Waals surface area contributed by atoms with Crippen LogP contribution < -0.4 is 10.1 Å². The second-order valence-electron chi connectivity index (χ2n) is 6.87. The molecule has 0 saturated carbocycles. The number of likely N-dealkylation sites (tertiary alicyclic amines) is 1. The van der Waals surface area contributed by atoms with Crippen LogP contribution in [0, 0.1) is 24.5 Å². The van der Waals surface area contributed by atoms with E-state index < -0.39 is 11.6 Å². The average Bonchev–Trinajstić information content (AvgIpc) is 2.69. The van der Waals surface area contributed by atoms with Crippen LogP contribution in [0.1, 0.15) is 18.4 Å². The highest BCUT2D eigenvalue weighted by Crippen LogP contribution is 2.22. The van der Waals surface area contributed by atoms with E-state index >= 15 is 0 Å². The summed E-state index contributed by atoms with van der Waals surface area (Å²) in [5, 5.41) is 2.49. The van der Waals surface area contributed by atoms with Crippen molar-refractivity contribution in [2.45, 2.75) is 19.8 Å². The molecule has 28 heavy (non-hydrogen) atoms. The number of hydrogen-bond acceptors (Lipinski definition) is 3. The third-order valence-corrected chi connectivity index (χ3v) is 4.79. The number of carbonyl (C=O) groups excluding carboxylic acids is 2. The third kappa shape index (κ3) is 5.06. The number of hydrogen-bond donors (Lipinski definition) is 1. The van der Waals surface area contributed by atoms with Crippen molar-refractivity contribution in [3.05, 3.63) is 59.7 Å². The Morgan fingerprint density at radius 1 is 1.11 bits per heavy atom. The molecule has 1 aliphatic rings. The summed E-state index contributed by atoms with van der Waals surface area (Å²) in [6.07, 6.45) is 0.954. The van der Waals surface area contributed by atoms with Crippen molar-refractivity contribution in [1.82, 2.24) is 4.90 Å². The normalized spacial score (nSPS) is 14.6. The van der Waals surface area contributed by atoms with Gasteiger partial charge in [-0.25, -0.2) is 8.78 Å². The van der Waals surface area contributed by atoms with E-state index in [1.165, 1.54) is 6.07 Å². The Kier molecular flexibility index (Phi) is 6.23. The van der Waals surface area contributed by atoms with Crippen LogP contribution in [-0.4, -0.2) is 36.4 Å². The van der Waals surface area contributed by atoms with Crippen molar-refractivity contribution in [3.63, 3.8) is 0 Å². The van der Waals surface area contributed by atoms with Crippen LogP contribution >= 0.6 is 0 Å². The number of carbonyl (C=O) groups is 2. The lowest BCUT2D eigenvalue weighted by atomic mass is 9.95. The summed E-state index contributed by atoms with van der Waals surface area (Å²) < 4.78 is 32.1. The first kappa shape index (κ1) is 19.8. The van der Waals surface area contributed by atoms with Gasteiger partial charge in [-0.05, 0) is 44.0 Å². The molecule has 0 atom stereocenters. The predicted molar refractivity (Wildman–Crippen MR) is 101 cm³/mol. The smallest absolute Gasteiger partial charge is 0.260 e. The van der Waals surface area contributed by atoms with E-state index in [0.29, 0.717) is 31.7 Å². The van der Waals surface area contributed by atoms with Gasteiger partial charge in [0, 0.05) is 25.1 Å². The number of rotatable bonds is 5. The van der Waals surface area contributed by atoms with Gasteiger partial charge in [0.25, 0.3) is 5.91 Å². The molecule has 0 unspecified atom stereocenters. The van der Waals surface area contributed by atoms with Crippen LogP contribution in [0.3, 0.4) is 0 Å². The van der Waals surface area contributed by atoms with E-state index in [4.69, 9.17) is 4.74 Å². The van der Waals surface area contributed by atoms with Gasteiger partial charge >= 0.3 is 0 Å². The van der Waals surface area contributed by atoms with Gasteiger partial charge in [-0.2, -0.15) is 0 Å². The van der Waals surface area contributed by atoms with Crippen LogP contribution in [-0.2, 0) is 9.59 Å². The quantitative estimate of drug-likeness (QED) is 0.853. The largest absolute Gasteiger partial charge is 0.484 e. The molecule has 7 heteroatoms. The van der Waals surface area contributed by atoms with Crippen LogP contribution in [0.4, 0.5) is 14.5 Å². The van der Waals surface area contributed by atoms with Crippen molar-refractivity contribution in [2.24, 2.45) is 5.92 Å². The molecule has 0 aromatic heterocycles. The first-order valence-electron chi connectivity index (χ1n) is 9.15. The topological polar surface area (TPSA) is 58.6 Å². The predicted octanol–water partition coefficient (Wildman–Crippen LogP) is 3.53. The SMILES string of the molecule is Cc1ccc(OCC(=O)N2CCC(C(=O)Nc3ccc(F)cc3F)CC2)cc1. The number of aryl methyl sites for hydroxylation is 1. The molecular weight excluding hydrogens is 366 g/mol. The molecule has 3 rings (SSSR count). The van der Waals surface area contributed by atoms with Crippen LogP contribution in [0.5, 0.6) is 5.75 Å². The Morgan fingerprint density at radius 2 is 1.79 bits per heavy atom. The van der Waals surface area contributed by atoms with E-state index in [1.54, 1.807) is 4.90 Å².